The fourth-order valence-electron chi connectivity index (χ4n) is 4.15. The molecule has 0 atom stereocenters. The van der Waals surface area contributed by atoms with Crippen molar-refractivity contribution in [1.82, 2.24) is 5.32 Å². The molecule has 0 spiro atoms. The van der Waals surface area contributed by atoms with Gasteiger partial charge in [-0.15, -0.1) is 0 Å². The van der Waals surface area contributed by atoms with Crippen molar-refractivity contribution in [2.45, 2.75) is 5.92 Å². The van der Waals surface area contributed by atoms with Gasteiger partial charge in [0, 0.05) is 12.5 Å². The summed E-state index contributed by atoms with van der Waals surface area (Å²) in [5.74, 6) is 0.888. The van der Waals surface area contributed by atoms with Crippen molar-refractivity contribution in [3.05, 3.63) is 90.0 Å². The van der Waals surface area contributed by atoms with Crippen molar-refractivity contribution in [3.8, 4) is 16.9 Å². The molecule has 7 heteroatoms. The lowest BCUT2D eigenvalue weighted by Gasteiger charge is -2.14. The fourth-order valence-corrected chi connectivity index (χ4v) is 4.15. The summed E-state index contributed by atoms with van der Waals surface area (Å²) in [6, 6.07) is 26.2. The standard InChI is InChI=1S/C29H33NO6/c31-29(36-22-28-26-12-6-4-10-24(26)25-11-5-7-13-27(25)28)30-14-15-32-16-17-33-18-19-34-20-21-35-23-8-2-1-3-9-23/h1-13,28H,14-22H2,(H,30,31). The summed E-state index contributed by atoms with van der Waals surface area (Å²) in [5.41, 5.74) is 4.81. The largest absolute Gasteiger partial charge is 0.491 e. The molecular weight excluding hydrogens is 458 g/mol. The van der Waals surface area contributed by atoms with Gasteiger partial charge in [0.2, 0.25) is 0 Å². The number of alkyl carbamates (subject to hydrolysis) is 1. The lowest BCUT2D eigenvalue weighted by atomic mass is 9.98. The van der Waals surface area contributed by atoms with Gasteiger partial charge in [-0.25, -0.2) is 4.79 Å². The van der Waals surface area contributed by atoms with Crippen LogP contribution in [0.2, 0.25) is 0 Å². The van der Waals surface area contributed by atoms with E-state index in [2.05, 4.69) is 29.6 Å². The van der Waals surface area contributed by atoms with Gasteiger partial charge in [-0.3, -0.25) is 0 Å². The van der Waals surface area contributed by atoms with E-state index in [9.17, 15) is 4.79 Å². The second kappa shape index (κ2) is 14.2. The Morgan fingerprint density at radius 3 is 1.81 bits per heavy atom. The molecular formula is C29H33NO6. The van der Waals surface area contributed by atoms with Crippen molar-refractivity contribution < 1.29 is 28.5 Å². The number of nitrogens with one attached hydrogen (secondary N) is 1. The Labute approximate surface area is 212 Å². The van der Waals surface area contributed by atoms with Crippen LogP contribution in [0.15, 0.2) is 78.9 Å². The minimum Gasteiger partial charge on any atom is -0.491 e. The summed E-state index contributed by atoms with van der Waals surface area (Å²) in [4.78, 5) is 12.2. The Bertz CT molecular complexity index is 1030. The smallest absolute Gasteiger partial charge is 0.407 e. The summed E-state index contributed by atoms with van der Waals surface area (Å²) in [5, 5.41) is 2.74. The molecule has 3 aromatic carbocycles. The second-order valence-corrected chi connectivity index (χ2v) is 8.25. The highest BCUT2D eigenvalue weighted by atomic mass is 16.6. The SMILES string of the molecule is O=C(NCCOCCOCCOCCOc1ccccc1)OCC1c2ccccc2-c2ccccc21. The van der Waals surface area contributed by atoms with E-state index in [1.54, 1.807) is 0 Å². The number of carbonyl (C=O) groups excluding carboxylic acids is 1. The van der Waals surface area contributed by atoms with Crippen molar-refractivity contribution in [1.29, 1.82) is 0 Å². The van der Waals surface area contributed by atoms with Gasteiger partial charge >= 0.3 is 6.09 Å². The summed E-state index contributed by atoms with van der Waals surface area (Å²) in [6.07, 6.45) is -0.440. The van der Waals surface area contributed by atoms with Gasteiger partial charge in [0.05, 0.1) is 39.6 Å². The summed E-state index contributed by atoms with van der Waals surface area (Å²) >= 11 is 0. The van der Waals surface area contributed by atoms with Crippen LogP contribution in [-0.4, -0.2) is 65.5 Å². The average molecular weight is 492 g/mol. The van der Waals surface area contributed by atoms with Crippen LogP contribution in [0.3, 0.4) is 0 Å². The Morgan fingerprint density at radius 2 is 1.17 bits per heavy atom. The van der Waals surface area contributed by atoms with E-state index >= 15 is 0 Å². The van der Waals surface area contributed by atoms with Crippen molar-refractivity contribution in [2.24, 2.45) is 0 Å². The number of rotatable bonds is 15. The van der Waals surface area contributed by atoms with Crippen molar-refractivity contribution in [3.63, 3.8) is 0 Å². The van der Waals surface area contributed by atoms with Crippen LogP contribution < -0.4 is 10.1 Å². The molecule has 36 heavy (non-hydrogen) atoms. The highest BCUT2D eigenvalue weighted by molar-refractivity contribution is 5.79. The van der Waals surface area contributed by atoms with Crippen LogP contribution >= 0.6 is 0 Å². The molecule has 0 unspecified atom stereocenters. The van der Waals surface area contributed by atoms with E-state index in [0.717, 1.165) is 5.75 Å². The first-order chi connectivity index (χ1) is 17.8. The topological polar surface area (TPSA) is 75.3 Å². The highest BCUT2D eigenvalue weighted by Gasteiger charge is 2.28. The number of hydrogen-bond acceptors (Lipinski definition) is 6. The van der Waals surface area contributed by atoms with E-state index in [-0.39, 0.29) is 5.92 Å². The molecule has 0 bridgehead atoms. The molecule has 0 fully saturated rings. The molecule has 0 saturated carbocycles. The van der Waals surface area contributed by atoms with Crippen LogP contribution in [0, 0.1) is 0 Å². The lowest BCUT2D eigenvalue weighted by molar-refractivity contribution is 0.00979. The van der Waals surface area contributed by atoms with Gasteiger partial charge in [0.25, 0.3) is 0 Å². The van der Waals surface area contributed by atoms with Gasteiger partial charge < -0.3 is 29.0 Å². The zero-order chi connectivity index (χ0) is 24.8. The molecule has 1 aliphatic rings. The van der Waals surface area contributed by atoms with Crippen LogP contribution in [0.4, 0.5) is 4.79 Å². The maximum Gasteiger partial charge on any atom is 0.407 e. The Morgan fingerprint density at radius 1 is 0.639 bits per heavy atom. The van der Waals surface area contributed by atoms with Crippen LogP contribution in [-0.2, 0) is 18.9 Å². The molecule has 7 nitrogen and oxygen atoms in total. The highest BCUT2D eigenvalue weighted by Crippen LogP contribution is 2.44. The second-order valence-electron chi connectivity index (χ2n) is 8.25. The van der Waals surface area contributed by atoms with E-state index in [1.807, 2.05) is 54.6 Å². The number of hydrogen-bond donors (Lipinski definition) is 1. The predicted molar refractivity (Wildman–Crippen MR) is 137 cm³/mol. The molecule has 0 saturated heterocycles. The van der Waals surface area contributed by atoms with E-state index in [4.69, 9.17) is 23.7 Å². The Hall–Kier alpha value is -3.39. The molecule has 0 radical (unpaired) electrons. The lowest BCUT2D eigenvalue weighted by Crippen LogP contribution is -2.29. The summed E-state index contributed by atoms with van der Waals surface area (Å²) in [6.45, 7) is 3.99. The van der Waals surface area contributed by atoms with E-state index in [0.29, 0.717) is 59.4 Å². The molecule has 3 aromatic rings. The number of carbonyl (C=O) groups is 1. The van der Waals surface area contributed by atoms with Crippen molar-refractivity contribution >= 4 is 6.09 Å². The number of benzene rings is 3. The zero-order valence-corrected chi connectivity index (χ0v) is 20.4. The van der Waals surface area contributed by atoms with Crippen LogP contribution in [0.25, 0.3) is 11.1 Å². The predicted octanol–water partition coefficient (Wildman–Crippen LogP) is 4.65. The minimum absolute atomic E-state index is 0.0527. The first-order valence-electron chi connectivity index (χ1n) is 12.3. The molecule has 4 rings (SSSR count). The maximum atomic E-state index is 12.2. The number of fused-ring (bicyclic) bond motifs is 3. The van der Waals surface area contributed by atoms with Crippen molar-refractivity contribution in [2.75, 3.05) is 59.4 Å². The van der Waals surface area contributed by atoms with Gasteiger partial charge in [0.1, 0.15) is 19.0 Å². The molecule has 0 aromatic heterocycles. The maximum absolute atomic E-state index is 12.2. The number of ether oxygens (including phenoxy) is 5. The first-order valence-corrected chi connectivity index (χ1v) is 12.3. The molecule has 1 aliphatic carbocycles. The fraction of sp³-hybridized carbons (Fsp3) is 0.345. The minimum atomic E-state index is -0.440. The van der Waals surface area contributed by atoms with E-state index in [1.165, 1.54) is 22.3 Å². The number of para-hydroxylation sites is 1. The van der Waals surface area contributed by atoms with Gasteiger partial charge in [-0.1, -0.05) is 66.7 Å². The summed E-state index contributed by atoms with van der Waals surface area (Å²) in [7, 11) is 0. The molecule has 0 heterocycles. The third-order valence-electron chi connectivity index (χ3n) is 5.84. The third-order valence-corrected chi connectivity index (χ3v) is 5.84. The monoisotopic (exact) mass is 491 g/mol. The normalized spacial score (nSPS) is 12.1. The van der Waals surface area contributed by atoms with E-state index < -0.39 is 6.09 Å². The van der Waals surface area contributed by atoms with Gasteiger partial charge in [-0.2, -0.15) is 0 Å². The number of amides is 1. The molecule has 190 valence electrons. The van der Waals surface area contributed by atoms with Gasteiger partial charge in [-0.05, 0) is 34.4 Å². The average Bonchev–Trinajstić information content (AvgIpc) is 3.24. The van der Waals surface area contributed by atoms with Gasteiger partial charge in [0.15, 0.2) is 0 Å². The van der Waals surface area contributed by atoms with Crippen LogP contribution in [0.1, 0.15) is 17.0 Å². The zero-order valence-electron chi connectivity index (χ0n) is 20.4. The first kappa shape index (κ1) is 25.7. The molecule has 1 amide bonds. The van der Waals surface area contributed by atoms with Crippen LogP contribution in [0.5, 0.6) is 5.75 Å². The summed E-state index contributed by atoms with van der Waals surface area (Å²) < 4.78 is 27.5. The Balaban J connectivity index is 0.988. The molecule has 1 N–H and O–H groups in total. The Kier molecular flexibility index (Phi) is 10.2. The quantitative estimate of drug-likeness (QED) is 0.312. The third kappa shape index (κ3) is 7.55. The molecule has 0 aliphatic heterocycles.